The lowest BCUT2D eigenvalue weighted by Gasteiger charge is -2.19. The van der Waals surface area contributed by atoms with Gasteiger partial charge in [-0.1, -0.05) is 13.3 Å². The average molecular weight is 278 g/mol. The number of rotatable bonds is 7. The first kappa shape index (κ1) is 15.0. The molecule has 112 valence electrons. The molecule has 20 heavy (non-hydrogen) atoms. The molecule has 1 aliphatic rings. The van der Waals surface area contributed by atoms with Crippen molar-refractivity contribution >= 4 is 11.6 Å². The maximum Gasteiger partial charge on any atom is 0.158 e. The van der Waals surface area contributed by atoms with Crippen molar-refractivity contribution < 1.29 is 4.74 Å². The molecule has 2 atom stereocenters. The van der Waals surface area contributed by atoms with E-state index in [2.05, 4.69) is 34.4 Å². The number of hydrogen-bond acceptors (Lipinski definition) is 5. The molecule has 1 aromatic rings. The van der Waals surface area contributed by atoms with E-state index >= 15 is 0 Å². The minimum absolute atomic E-state index is 0.463. The Labute approximate surface area is 121 Å². The van der Waals surface area contributed by atoms with Gasteiger partial charge in [0, 0.05) is 25.3 Å². The lowest BCUT2D eigenvalue weighted by Crippen LogP contribution is -2.23. The Bertz CT molecular complexity index is 424. The summed E-state index contributed by atoms with van der Waals surface area (Å²) >= 11 is 0. The molecule has 0 bridgehead atoms. The number of hydrogen-bond donors (Lipinski definition) is 2. The van der Waals surface area contributed by atoms with Crippen LogP contribution in [0.15, 0.2) is 6.07 Å². The Balaban J connectivity index is 2.10. The molecular formula is C15H26N4O. The fourth-order valence-corrected chi connectivity index (χ4v) is 2.65. The van der Waals surface area contributed by atoms with Crippen LogP contribution in [0.5, 0.6) is 0 Å². The standard InChI is InChI=1S/C15H26N4O/c1-4-16-13-9-14(17-12-8-6-7-11(12)3)19-15(18-13)10-20-5-2/h9,11-12H,4-8,10H2,1-3H3,(H2,16,17,18,19). The van der Waals surface area contributed by atoms with E-state index in [4.69, 9.17) is 4.74 Å². The Morgan fingerprint density at radius 1 is 1.25 bits per heavy atom. The smallest absolute Gasteiger partial charge is 0.158 e. The van der Waals surface area contributed by atoms with Crippen molar-refractivity contribution in [3.63, 3.8) is 0 Å². The molecule has 0 aliphatic heterocycles. The van der Waals surface area contributed by atoms with Crippen molar-refractivity contribution in [2.45, 2.75) is 52.7 Å². The molecule has 1 aliphatic carbocycles. The number of nitrogens with zero attached hydrogens (tertiary/aromatic N) is 2. The summed E-state index contributed by atoms with van der Waals surface area (Å²) in [7, 11) is 0. The van der Waals surface area contributed by atoms with Gasteiger partial charge in [0.1, 0.15) is 18.2 Å². The van der Waals surface area contributed by atoms with Crippen LogP contribution in [0.3, 0.4) is 0 Å². The highest BCUT2D eigenvalue weighted by Crippen LogP contribution is 2.27. The van der Waals surface area contributed by atoms with E-state index in [-0.39, 0.29) is 0 Å². The molecule has 5 nitrogen and oxygen atoms in total. The van der Waals surface area contributed by atoms with Crippen LogP contribution in [0.25, 0.3) is 0 Å². The molecule has 0 spiro atoms. The Morgan fingerprint density at radius 2 is 2.05 bits per heavy atom. The predicted octanol–water partition coefficient (Wildman–Crippen LogP) is 3.05. The zero-order valence-corrected chi connectivity index (χ0v) is 12.8. The van der Waals surface area contributed by atoms with E-state index in [9.17, 15) is 0 Å². The summed E-state index contributed by atoms with van der Waals surface area (Å²) in [5, 5.41) is 6.81. The summed E-state index contributed by atoms with van der Waals surface area (Å²) in [6, 6.07) is 2.52. The molecule has 0 amide bonds. The molecular weight excluding hydrogens is 252 g/mol. The summed E-state index contributed by atoms with van der Waals surface area (Å²) < 4.78 is 5.42. The van der Waals surface area contributed by atoms with Crippen molar-refractivity contribution in [2.24, 2.45) is 5.92 Å². The van der Waals surface area contributed by atoms with Gasteiger partial charge in [0.15, 0.2) is 5.82 Å². The first-order chi connectivity index (χ1) is 9.72. The van der Waals surface area contributed by atoms with Crippen molar-refractivity contribution in [3.8, 4) is 0 Å². The second kappa shape index (κ2) is 7.43. The second-order valence-electron chi connectivity index (χ2n) is 5.38. The summed E-state index contributed by atoms with van der Waals surface area (Å²) in [5.74, 6) is 3.22. The van der Waals surface area contributed by atoms with Gasteiger partial charge in [-0.3, -0.25) is 0 Å². The minimum atomic E-state index is 0.463. The van der Waals surface area contributed by atoms with E-state index in [0.29, 0.717) is 25.2 Å². The molecule has 2 unspecified atom stereocenters. The van der Waals surface area contributed by atoms with Gasteiger partial charge in [-0.2, -0.15) is 0 Å². The third-order valence-electron chi connectivity index (χ3n) is 3.76. The number of nitrogens with one attached hydrogen (secondary N) is 2. The van der Waals surface area contributed by atoms with Crippen LogP contribution in [0.2, 0.25) is 0 Å². The maximum atomic E-state index is 5.42. The molecule has 1 aromatic heterocycles. The topological polar surface area (TPSA) is 59.1 Å². The third kappa shape index (κ3) is 4.07. The summed E-state index contributed by atoms with van der Waals surface area (Å²) in [6.07, 6.45) is 3.83. The van der Waals surface area contributed by atoms with E-state index in [1.807, 2.05) is 13.0 Å². The SMILES string of the molecule is CCNc1cc(NC2CCCC2C)nc(COCC)n1. The maximum absolute atomic E-state index is 5.42. The second-order valence-corrected chi connectivity index (χ2v) is 5.38. The number of anilines is 2. The minimum Gasteiger partial charge on any atom is -0.374 e. The molecule has 0 aromatic carbocycles. The predicted molar refractivity (Wildman–Crippen MR) is 82.0 cm³/mol. The van der Waals surface area contributed by atoms with Gasteiger partial charge in [0.25, 0.3) is 0 Å². The Hall–Kier alpha value is -1.36. The molecule has 2 rings (SSSR count). The molecule has 0 saturated heterocycles. The summed E-state index contributed by atoms with van der Waals surface area (Å²) in [5.41, 5.74) is 0. The van der Waals surface area contributed by atoms with Gasteiger partial charge in [-0.15, -0.1) is 0 Å². The average Bonchev–Trinajstić information content (AvgIpc) is 2.82. The van der Waals surface area contributed by atoms with Gasteiger partial charge >= 0.3 is 0 Å². The van der Waals surface area contributed by atoms with Crippen molar-refractivity contribution in [2.75, 3.05) is 23.8 Å². The van der Waals surface area contributed by atoms with Gasteiger partial charge in [0.2, 0.25) is 0 Å². The molecule has 1 fully saturated rings. The van der Waals surface area contributed by atoms with Crippen molar-refractivity contribution in [1.29, 1.82) is 0 Å². The lowest BCUT2D eigenvalue weighted by atomic mass is 10.1. The molecule has 1 heterocycles. The van der Waals surface area contributed by atoms with Gasteiger partial charge in [-0.25, -0.2) is 9.97 Å². The van der Waals surface area contributed by atoms with E-state index in [0.717, 1.165) is 24.0 Å². The van der Waals surface area contributed by atoms with Gasteiger partial charge in [0.05, 0.1) is 0 Å². The normalized spacial score (nSPS) is 21.9. The van der Waals surface area contributed by atoms with Crippen LogP contribution in [0.1, 0.15) is 45.9 Å². The molecule has 5 heteroatoms. The van der Waals surface area contributed by atoms with Crippen LogP contribution in [-0.2, 0) is 11.3 Å². The van der Waals surface area contributed by atoms with Crippen LogP contribution in [0, 0.1) is 5.92 Å². The fraction of sp³-hybridized carbons (Fsp3) is 0.733. The van der Waals surface area contributed by atoms with Crippen LogP contribution >= 0.6 is 0 Å². The summed E-state index contributed by atoms with van der Waals surface area (Å²) in [4.78, 5) is 9.03. The van der Waals surface area contributed by atoms with Crippen LogP contribution < -0.4 is 10.6 Å². The number of aromatic nitrogens is 2. The highest BCUT2D eigenvalue weighted by molar-refractivity contribution is 5.48. The highest BCUT2D eigenvalue weighted by atomic mass is 16.5. The monoisotopic (exact) mass is 278 g/mol. The first-order valence-electron chi connectivity index (χ1n) is 7.69. The Morgan fingerprint density at radius 3 is 2.70 bits per heavy atom. The number of ether oxygens (including phenoxy) is 1. The lowest BCUT2D eigenvalue weighted by molar-refractivity contribution is 0.128. The zero-order chi connectivity index (χ0) is 14.4. The highest BCUT2D eigenvalue weighted by Gasteiger charge is 2.23. The Kier molecular flexibility index (Phi) is 5.59. The summed E-state index contributed by atoms with van der Waals surface area (Å²) in [6.45, 7) is 8.34. The van der Waals surface area contributed by atoms with Crippen LogP contribution in [0.4, 0.5) is 11.6 Å². The van der Waals surface area contributed by atoms with E-state index < -0.39 is 0 Å². The van der Waals surface area contributed by atoms with Crippen molar-refractivity contribution in [1.82, 2.24) is 9.97 Å². The molecule has 0 radical (unpaired) electrons. The van der Waals surface area contributed by atoms with E-state index in [1.165, 1.54) is 19.3 Å². The van der Waals surface area contributed by atoms with Gasteiger partial charge < -0.3 is 15.4 Å². The molecule has 1 saturated carbocycles. The molecule has 2 N–H and O–H groups in total. The third-order valence-corrected chi connectivity index (χ3v) is 3.76. The largest absolute Gasteiger partial charge is 0.374 e. The van der Waals surface area contributed by atoms with Crippen LogP contribution in [-0.4, -0.2) is 29.2 Å². The zero-order valence-electron chi connectivity index (χ0n) is 12.8. The quantitative estimate of drug-likeness (QED) is 0.803. The van der Waals surface area contributed by atoms with Crippen molar-refractivity contribution in [3.05, 3.63) is 11.9 Å². The fourth-order valence-electron chi connectivity index (χ4n) is 2.65. The van der Waals surface area contributed by atoms with E-state index in [1.54, 1.807) is 0 Å². The van der Waals surface area contributed by atoms with Gasteiger partial charge in [-0.05, 0) is 32.6 Å². The first-order valence-corrected chi connectivity index (χ1v) is 7.69.